The molecule has 12 heavy (non-hydrogen) atoms. The first-order valence-electron chi connectivity index (χ1n) is 4.57. The second-order valence-electron chi connectivity index (χ2n) is 3.18. The molecule has 3 heteroatoms. The summed E-state index contributed by atoms with van der Waals surface area (Å²) in [6.07, 6.45) is 3.85. The lowest BCUT2D eigenvalue weighted by Crippen LogP contribution is -2.27. The number of carbonyl (C=O) groups is 1. The van der Waals surface area contributed by atoms with Gasteiger partial charge in [0.05, 0.1) is 0 Å². The zero-order chi connectivity index (χ0) is 9.40. The van der Waals surface area contributed by atoms with E-state index < -0.39 is 0 Å². The summed E-state index contributed by atoms with van der Waals surface area (Å²) in [4.78, 5) is 10.8. The van der Waals surface area contributed by atoms with Gasteiger partial charge in [-0.25, -0.2) is 0 Å². The van der Waals surface area contributed by atoms with Gasteiger partial charge in [-0.05, 0) is 33.4 Å². The number of unbranched alkanes of at least 4 members (excludes halogenated alkanes) is 1. The van der Waals surface area contributed by atoms with E-state index in [2.05, 4.69) is 5.32 Å². The second kappa shape index (κ2) is 7.25. The molecule has 0 aromatic heterocycles. The molecule has 3 N–H and O–H groups in total. The summed E-state index contributed by atoms with van der Waals surface area (Å²) in [7, 11) is 1.90. The maximum absolute atomic E-state index is 10.8. The third-order valence-corrected chi connectivity index (χ3v) is 1.95. The van der Waals surface area contributed by atoms with E-state index in [0.29, 0.717) is 12.5 Å². The number of Topliss-reactive ketones (excluding diaryl/α,β-unsaturated/α-hetero) is 1. The molecule has 1 unspecified atom stereocenters. The van der Waals surface area contributed by atoms with Crippen molar-refractivity contribution in [3.05, 3.63) is 0 Å². The molecule has 0 fully saturated rings. The lowest BCUT2D eigenvalue weighted by molar-refractivity contribution is -0.117. The van der Waals surface area contributed by atoms with Gasteiger partial charge in [0.25, 0.3) is 0 Å². The Hall–Kier alpha value is -0.410. The molecule has 0 aliphatic carbocycles. The Morgan fingerprint density at radius 2 is 2.17 bits per heavy atom. The van der Waals surface area contributed by atoms with Crippen molar-refractivity contribution in [1.29, 1.82) is 0 Å². The van der Waals surface area contributed by atoms with Crippen molar-refractivity contribution in [3.63, 3.8) is 0 Å². The average molecular weight is 172 g/mol. The van der Waals surface area contributed by atoms with Gasteiger partial charge in [-0.1, -0.05) is 6.42 Å². The van der Waals surface area contributed by atoms with Crippen LogP contribution < -0.4 is 11.1 Å². The summed E-state index contributed by atoms with van der Waals surface area (Å²) < 4.78 is 0. The molecule has 0 heterocycles. The molecule has 0 aromatic carbocycles. The Labute approximate surface area is 74.7 Å². The summed E-state index contributed by atoms with van der Waals surface area (Å²) in [5.41, 5.74) is 5.37. The zero-order valence-electron chi connectivity index (χ0n) is 8.10. The molecule has 0 radical (unpaired) electrons. The minimum atomic E-state index is 0.252. The first-order valence-corrected chi connectivity index (χ1v) is 4.57. The molecular weight excluding hydrogens is 152 g/mol. The number of nitrogens with one attached hydrogen (secondary N) is 1. The van der Waals surface area contributed by atoms with Crippen molar-refractivity contribution in [1.82, 2.24) is 5.32 Å². The first kappa shape index (κ1) is 11.6. The fourth-order valence-electron chi connectivity index (χ4n) is 1.23. The third-order valence-electron chi connectivity index (χ3n) is 1.95. The summed E-state index contributed by atoms with van der Waals surface area (Å²) in [6, 6.07) is 0.342. The third kappa shape index (κ3) is 6.31. The van der Waals surface area contributed by atoms with Crippen LogP contribution in [0.25, 0.3) is 0 Å². The molecule has 72 valence electrons. The number of carbonyl (C=O) groups excluding carboxylic acids is 1. The number of nitrogens with two attached hydrogens (primary N) is 1. The molecule has 1 atom stereocenters. The van der Waals surface area contributed by atoms with Gasteiger partial charge in [0.15, 0.2) is 0 Å². The molecule has 0 bridgehead atoms. The molecule has 0 aliphatic heterocycles. The quantitative estimate of drug-likeness (QED) is 0.555. The normalized spacial score (nSPS) is 12.9. The highest BCUT2D eigenvalue weighted by atomic mass is 16.1. The number of hydrogen-bond donors (Lipinski definition) is 2. The van der Waals surface area contributed by atoms with Gasteiger partial charge in [-0.15, -0.1) is 0 Å². The van der Waals surface area contributed by atoms with Crippen molar-refractivity contribution >= 4 is 5.78 Å². The van der Waals surface area contributed by atoms with Gasteiger partial charge < -0.3 is 11.1 Å². The number of ketones is 1. The van der Waals surface area contributed by atoms with Gasteiger partial charge in [0.2, 0.25) is 0 Å². The Balaban J connectivity index is 3.46. The van der Waals surface area contributed by atoms with E-state index in [-0.39, 0.29) is 5.78 Å². The van der Waals surface area contributed by atoms with Crippen LogP contribution in [-0.4, -0.2) is 25.4 Å². The minimum Gasteiger partial charge on any atom is -0.330 e. The van der Waals surface area contributed by atoms with Crippen LogP contribution in [0.4, 0.5) is 0 Å². The van der Waals surface area contributed by atoms with Crippen LogP contribution in [0.15, 0.2) is 0 Å². The lowest BCUT2D eigenvalue weighted by atomic mass is 10.0. The standard InChI is InChI=1S/C9H20N2O/c1-8(12)7-9(11-2)5-3-4-6-10/h9,11H,3-7,10H2,1-2H3. The fourth-order valence-corrected chi connectivity index (χ4v) is 1.23. The number of rotatable bonds is 7. The SMILES string of the molecule is CNC(CCCCN)CC(C)=O. The van der Waals surface area contributed by atoms with Crippen molar-refractivity contribution in [2.75, 3.05) is 13.6 Å². The first-order chi connectivity index (χ1) is 5.70. The summed E-state index contributed by atoms with van der Waals surface area (Å²) in [5.74, 6) is 0.252. The minimum absolute atomic E-state index is 0.252. The van der Waals surface area contributed by atoms with E-state index in [1.165, 1.54) is 0 Å². The van der Waals surface area contributed by atoms with Crippen molar-refractivity contribution in [2.45, 2.75) is 38.6 Å². The van der Waals surface area contributed by atoms with Crippen LogP contribution in [0, 0.1) is 0 Å². The molecular formula is C9H20N2O. The van der Waals surface area contributed by atoms with Crippen LogP contribution in [0.1, 0.15) is 32.6 Å². The average Bonchev–Trinajstić information content (AvgIpc) is 2.02. The Bertz CT molecular complexity index is 126. The predicted octanol–water partition coefficient (Wildman–Crippen LogP) is 0.682. The summed E-state index contributed by atoms with van der Waals surface area (Å²) >= 11 is 0. The molecule has 3 nitrogen and oxygen atoms in total. The van der Waals surface area contributed by atoms with Crippen LogP contribution in [0.5, 0.6) is 0 Å². The van der Waals surface area contributed by atoms with E-state index >= 15 is 0 Å². The smallest absolute Gasteiger partial charge is 0.131 e. The van der Waals surface area contributed by atoms with Crippen LogP contribution in [0.2, 0.25) is 0 Å². The van der Waals surface area contributed by atoms with Crippen molar-refractivity contribution < 1.29 is 4.79 Å². The highest BCUT2D eigenvalue weighted by Crippen LogP contribution is 2.03. The predicted molar refractivity (Wildman–Crippen MR) is 51.1 cm³/mol. The van der Waals surface area contributed by atoms with E-state index in [1.54, 1.807) is 6.92 Å². The Morgan fingerprint density at radius 1 is 1.50 bits per heavy atom. The van der Waals surface area contributed by atoms with Crippen molar-refractivity contribution in [3.8, 4) is 0 Å². The molecule has 0 rings (SSSR count). The van der Waals surface area contributed by atoms with Crippen LogP contribution >= 0.6 is 0 Å². The van der Waals surface area contributed by atoms with Crippen molar-refractivity contribution in [2.24, 2.45) is 5.73 Å². The van der Waals surface area contributed by atoms with Crippen LogP contribution in [-0.2, 0) is 4.79 Å². The monoisotopic (exact) mass is 172 g/mol. The summed E-state index contributed by atoms with van der Waals surface area (Å²) in [6.45, 7) is 2.38. The topological polar surface area (TPSA) is 55.1 Å². The van der Waals surface area contributed by atoms with Gasteiger partial charge in [0, 0.05) is 12.5 Å². The molecule has 0 aliphatic rings. The van der Waals surface area contributed by atoms with E-state index in [9.17, 15) is 4.79 Å². The molecule has 0 aromatic rings. The molecule has 0 saturated carbocycles. The molecule has 0 amide bonds. The van der Waals surface area contributed by atoms with E-state index in [4.69, 9.17) is 5.73 Å². The van der Waals surface area contributed by atoms with Gasteiger partial charge in [-0.2, -0.15) is 0 Å². The zero-order valence-corrected chi connectivity index (χ0v) is 8.10. The lowest BCUT2D eigenvalue weighted by Gasteiger charge is -2.13. The largest absolute Gasteiger partial charge is 0.330 e. The van der Waals surface area contributed by atoms with Gasteiger partial charge in [0.1, 0.15) is 5.78 Å². The fraction of sp³-hybridized carbons (Fsp3) is 0.889. The van der Waals surface area contributed by atoms with Gasteiger partial charge in [-0.3, -0.25) is 4.79 Å². The molecule has 0 saturated heterocycles. The van der Waals surface area contributed by atoms with Crippen LogP contribution in [0.3, 0.4) is 0 Å². The number of hydrogen-bond acceptors (Lipinski definition) is 3. The Kier molecular flexibility index (Phi) is 7.00. The highest BCUT2D eigenvalue weighted by molar-refractivity contribution is 5.76. The second-order valence-corrected chi connectivity index (χ2v) is 3.18. The van der Waals surface area contributed by atoms with Gasteiger partial charge >= 0.3 is 0 Å². The maximum atomic E-state index is 10.8. The van der Waals surface area contributed by atoms with E-state index in [1.807, 2.05) is 7.05 Å². The summed E-state index contributed by atoms with van der Waals surface area (Å²) in [5, 5.41) is 3.13. The molecule has 0 spiro atoms. The highest BCUT2D eigenvalue weighted by Gasteiger charge is 2.07. The Morgan fingerprint density at radius 3 is 2.58 bits per heavy atom. The van der Waals surface area contributed by atoms with E-state index in [0.717, 1.165) is 25.8 Å². The maximum Gasteiger partial charge on any atom is 0.131 e.